The van der Waals surface area contributed by atoms with Gasteiger partial charge in [-0.15, -0.1) is 0 Å². The van der Waals surface area contributed by atoms with E-state index >= 15 is 0 Å². The molecule has 1 saturated carbocycles. The summed E-state index contributed by atoms with van der Waals surface area (Å²) >= 11 is 0. The Morgan fingerprint density at radius 2 is 1.96 bits per heavy atom. The number of H-pyrrole nitrogens is 1. The van der Waals surface area contributed by atoms with Crippen LogP contribution in [0.3, 0.4) is 0 Å². The van der Waals surface area contributed by atoms with Crippen LogP contribution in [0.5, 0.6) is 0 Å². The van der Waals surface area contributed by atoms with Gasteiger partial charge in [0, 0.05) is 18.7 Å². The van der Waals surface area contributed by atoms with Crippen LogP contribution < -0.4 is 11.2 Å². The van der Waals surface area contributed by atoms with Crippen molar-refractivity contribution in [1.82, 2.24) is 14.5 Å². The van der Waals surface area contributed by atoms with E-state index in [1.54, 1.807) is 6.07 Å². The van der Waals surface area contributed by atoms with Gasteiger partial charge in [0.25, 0.3) is 5.56 Å². The molecule has 25 heavy (non-hydrogen) atoms. The smallest absolute Gasteiger partial charge is 0.300 e. The molecule has 0 aliphatic heterocycles. The highest BCUT2D eigenvalue weighted by Crippen LogP contribution is 2.34. The number of hydrogen-bond donors (Lipinski definition) is 1. The standard InChI is InChI=1S/C19H25N3O3/c1-11(2)14-4-6-15(7-5-14)22-18(24)16-9-13(8-12(3)23)10-20-17(16)21-19(22)25/h9-11,14-15H,4-8H2,1-3H3,(H,20,21,25). The van der Waals surface area contributed by atoms with E-state index in [-0.39, 0.29) is 29.5 Å². The Balaban J connectivity index is 1.99. The van der Waals surface area contributed by atoms with Crippen LogP contribution in [0, 0.1) is 11.8 Å². The Morgan fingerprint density at radius 1 is 1.28 bits per heavy atom. The van der Waals surface area contributed by atoms with E-state index in [0.29, 0.717) is 22.8 Å². The summed E-state index contributed by atoms with van der Waals surface area (Å²) in [4.78, 5) is 43.6. The van der Waals surface area contributed by atoms with Gasteiger partial charge in [-0.05, 0) is 56.1 Å². The molecule has 1 aliphatic carbocycles. The first-order valence-corrected chi connectivity index (χ1v) is 8.99. The molecule has 2 heterocycles. The van der Waals surface area contributed by atoms with E-state index in [2.05, 4.69) is 23.8 Å². The summed E-state index contributed by atoms with van der Waals surface area (Å²) in [5, 5.41) is 0.379. The van der Waals surface area contributed by atoms with Gasteiger partial charge in [-0.1, -0.05) is 13.8 Å². The van der Waals surface area contributed by atoms with Crippen LogP contribution in [0.15, 0.2) is 21.9 Å². The van der Waals surface area contributed by atoms with Gasteiger partial charge in [-0.3, -0.25) is 19.1 Å². The molecule has 1 N–H and O–H groups in total. The predicted molar refractivity (Wildman–Crippen MR) is 96.8 cm³/mol. The number of rotatable bonds is 4. The molecule has 3 rings (SSSR count). The van der Waals surface area contributed by atoms with Gasteiger partial charge in [0.2, 0.25) is 0 Å². The minimum absolute atomic E-state index is 0.0120. The zero-order chi connectivity index (χ0) is 18.1. The van der Waals surface area contributed by atoms with Crippen molar-refractivity contribution in [3.05, 3.63) is 38.7 Å². The fraction of sp³-hybridized carbons (Fsp3) is 0.579. The van der Waals surface area contributed by atoms with Crippen molar-refractivity contribution < 1.29 is 4.79 Å². The van der Waals surface area contributed by atoms with Crippen molar-refractivity contribution in [3.63, 3.8) is 0 Å². The molecule has 0 atom stereocenters. The van der Waals surface area contributed by atoms with E-state index in [1.807, 2.05) is 0 Å². The lowest BCUT2D eigenvalue weighted by Crippen LogP contribution is -2.40. The zero-order valence-corrected chi connectivity index (χ0v) is 15.0. The van der Waals surface area contributed by atoms with Crippen LogP contribution in [-0.2, 0) is 11.2 Å². The number of aromatic nitrogens is 3. The molecule has 0 spiro atoms. The first-order chi connectivity index (χ1) is 11.9. The molecule has 6 heteroatoms. The van der Waals surface area contributed by atoms with Gasteiger partial charge in [-0.2, -0.15) is 0 Å². The molecule has 0 bridgehead atoms. The molecule has 6 nitrogen and oxygen atoms in total. The Morgan fingerprint density at radius 3 is 2.56 bits per heavy atom. The third-order valence-corrected chi connectivity index (χ3v) is 5.34. The number of nitrogens with one attached hydrogen (secondary N) is 1. The van der Waals surface area contributed by atoms with Crippen molar-refractivity contribution in [2.45, 2.75) is 58.9 Å². The average Bonchev–Trinajstić information content (AvgIpc) is 2.55. The van der Waals surface area contributed by atoms with E-state index < -0.39 is 5.69 Å². The van der Waals surface area contributed by atoms with E-state index in [9.17, 15) is 14.4 Å². The number of hydrogen-bond acceptors (Lipinski definition) is 4. The second-order valence-electron chi connectivity index (χ2n) is 7.54. The van der Waals surface area contributed by atoms with Crippen molar-refractivity contribution in [2.75, 3.05) is 0 Å². The minimum atomic E-state index is -0.391. The second-order valence-corrected chi connectivity index (χ2v) is 7.54. The zero-order valence-electron chi connectivity index (χ0n) is 15.0. The van der Waals surface area contributed by atoms with Gasteiger partial charge in [0.05, 0.1) is 5.39 Å². The molecule has 1 fully saturated rings. The highest BCUT2D eigenvalue weighted by molar-refractivity contribution is 5.80. The molecule has 0 saturated heterocycles. The molecular formula is C19H25N3O3. The summed E-state index contributed by atoms with van der Waals surface area (Å²) in [6.07, 6.45) is 5.54. The minimum Gasteiger partial charge on any atom is -0.300 e. The molecule has 134 valence electrons. The summed E-state index contributed by atoms with van der Waals surface area (Å²) < 4.78 is 1.36. The summed E-state index contributed by atoms with van der Waals surface area (Å²) in [5.41, 5.74) is 0.288. The molecule has 0 amide bonds. The number of aromatic amines is 1. The molecule has 1 aliphatic rings. The first kappa shape index (κ1) is 17.6. The van der Waals surface area contributed by atoms with Crippen molar-refractivity contribution in [3.8, 4) is 0 Å². The monoisotopic (exact) mass is 343 g/mol. The maximum atomic E-state index is 12.9. The number of ketones is 1. The summed E-state index contributed by atoms with van der Waals surface area (Å²) in [6, 6.07) is 1.62. The van der Waals surface area contributed by atoms with Crippen molar-refractivity contribution in [1.29, 1.82) is 0 Å². The molecule has 0 unspecified atom stereocenters. The van der Waals surface area contributed by atoms with Gasteiger partial charge in [0.15, 0.2) is 0 Å². The second kappa shape index (κ2) is 6.94. The Labute approximate surface area is 146 Å². The van der Waals surface area contributed by atoms with Crippen LogP contribution in [-0.4, -0.2) is 20.3 Å². The largest absolute Gasteiger partial charge is 0.330 e. The van der Waals surface area contributed by atoms with Gasteiger partial charge >= 0.3 is 5.69 Å². The molecule has 2 aromatic rings. The SMILES string of the molecule is CC(=O)Cc1cnc2[nH]c(=O)n(C3CCC(C(C)C)CC3)c(=O)c2c1. The van der Waals surface area contributed by atoms with Gasteiger partial charge in [-0.25, -0.2) is 9.78 Å². The quantitative estimate of drug-likeness (QED) is 0.925. The Kier molecular flexibility index (Phi) is 4.88. The summed E-state index contributed by atoms with van der Waals surface area (Å²) in [5.74, 6) is 1.30. The van der Waals surface area contributed by atoms with Crippen LogP contribution in [0.1, 0.15) is 58.1 Å². The highest BCUT2D eigenvalue weighted by Gasteiger charge is 2.26. The van der Waals surface area contributed by atoms with Crippen molar-refractivity contribution >= 4 is 16.8 Å². The van der Waals surface area contributed by atoms with Crippen LogP contribution in [0.2, 0.25) is 0 Å². The number of pyridine rings is 1. The number of fused-ring (bicyclic) bond motifs is 1. The molecule has 2 aromatic heterocycles. The maximum Gasteiger partial charge on any atom is 0.330 e. The van der Waals surface area contributed by atoms with Gasteiger partial charge in [0.1, 0.15) is 11.4 Å². The van der Waals surface area contributed by atoms with Gasteiger partial charge < -0.3 is 0 Å². The van der Waals surface area contributed by atoms with Crippen LogP contribution in [0.25, 0.3) is 11.0 Å². The first-order valence-electron chi connectivity index (χ1n) is 8.99. The van der Waals surface area contributed by atoms with E-state index in [4.69, 9.17) is 0 Å². The molecule has 0 radical (unpaired) electrons. The fourth-order valence-corrected chi connectivity index (χ4v) is 3.90. The maximum absolute atomic E-state index is 12.9. The van der Waals surface area contributed by atoms with Crippen LogP contribution >= 0.6 is 0 Å². The molecule has 0 aromatic carbocycles. The topological polar surface area (TPSA) is 84.8 Å². The highest BCUT2D eigenvalue weighted by atomic mass is 16.2. The summed E-state index contributed by atoms with van der Waals surface area (Å²) in [7, 11) is 0. The Hall–Kier alpha value is -2.24. The third-order valence-electron chi connectivity index (χ3n) is 5.34. The Bertz CT molecular complexity index is 902. The molecular weight excluding hydrogens is 318 g/mol. The number of Topliss-reactive ketones (excluding diaryl/α,β-unsaturated/α-hetero) is 1. The number of carbonyl (C=O) groups excluding carboxylic acids is 1. The number of nitrogens with zero attached hydrogens (tertiary/aromatic N) is 2. The van der Waals surface area contributed by atoms with Crippen molar-refractivity contribution in [2.24, 2.45) is 11.8 Å². The normalized spacial score (nSPS) is 21.0. The average molecular weight is 343 g/mol. The number of carbonyl (C=O) groups is 1. The lowest BCUT2D eigenvalue weighted by molar-refractivity contribution is -0.116. The van der Waals surface area contributed by atoms with Crippen LogP contribution in [0.4, 0.5) is 0 Å². The lowest BCUT2D eigenvalue weighted by Gasteiger charge is -2.31. The van der Waals surface area contributed by atoms with E-state index in [0.717, 1.165) is 25.7 Å². The lowest BCUT2D eigenvalue weighted by atomic mass is 9.79. The fourth-order valence-electron chi connectivity index (χ4n) is 3.90. The summed E-state index contributed by atoms with van der Waals surface area (Å²) in [6.45, 7) is 5.95. The van der Waals surface area contributed by atoms with E-state index in [1.165, 1.54) is 17.7 Å². The predicted octanol–water partition coefficient (Wildman–Crippen LogP) is 2.60. The third kappa shape index (κ3) is 3.57.